The standard InChI is InChI=1S/C23H21N5O4/c1-28(2)22(29)16-10-13(8-9-18(16)25-23(30)31)14-11-17-20(26-27-21(17)24-12-14)15-6-4-5-7-19(15)32-3/h4-12,25H,1-3H3,(H,30,31)(H,24,26,27). The normalized spacial score (nSPS) is 10.7. The van der Waals surface area contributed by atoms with E-state index in [2.05, 4.69) is 20.5 Å². The van der Waals surface area contributed by atoms with Gasteiger partial charge in [0, 0.05) is 36.8 Å². The molecule has 9 nitrogen and oxygen atoms in total. The number of aromatic nitrogens is 3. The van der Waals surface area contributed by atoms with E-state index in [9.17, 15) is 9.59 Å². The van der Waals surface area contributed by atoms with E-state index >= 15 is 0 Å². The summed E-state index contributed by atoms with van der Waals surface area (Å²) in [6.07, 6.45) is 0.423. The van der Waals surface area contributed by atoms with Crippen molar-refractivity contribution in [2.75, 3.05) is 26.5 Å². The fourth-order valence-corrected chi connectivity index (χ4v) is 3.48. The molecule has 3 N–H and O–H groups in total. The number of amides is 2. The average Bonchev–Trinajstić information content (AvgIpc) is 3.21. The second kappa shape index (κ2) is 8.38. The molecule has 0 aliphatic rings. The zero-order chi connectivity index (χ0) is 22.8. The zero-order valence-corrected chi connectivity index (χ0v) is 17.7. The Morgan fingerprint density at radius 3 is 2.59 bits per heavy atom. The molecule has 162 valence electrons. The molecule has 0 aliphatic heterocycles. The summed E-state index contributed by atoms with van der Waals surface area (Å²) in [5, 5.41) is 19.5. The third kappa shape index (κ3) is 3.83. The number of fused-ring (bicyclic) bond motifs is 1. The van der Waals surface area contributed by atoms with Gasteiger partial charge in [-0.3, -0.25) is 15.2 Å². The number of nitrogens with zero attached hydrogens (tertiary/aromatic N) is 3. The van der Waals surface area contributed by atoms with Gasteiger partial charge in [-0.05, 0) is 35.9 Å². The minimum absolute atomic E-state index is 0.215. The molecular weight excluding hydrogens is 410 g/mol. The number of H-pyrrole nitrogens is 1. The van der Waals surface area contributed by atoms with Crippen LogP contribution in [0, 0.1) is 0 Å². The molecule has 0 spiro atoms. The van der Waals surface area contributed by atoms with Crippen molar-refractivity contribution < 1.29 is 19.4 Å². The van der Waals surface area contributed by atoms with Crippen molar-refractivity contribution >= 4 is 28.7 Å². The maximum atomic E-state index is 12.7. The number of ether oxygens (including phenoxy) is 1. The van der Waals surface area contributed by atoms with Crippen LogP contribution in [-0.2, 0) is 0 Å². The highest BCUT2D eigenvalue weighted by Crippen LogP contribution is 2.35. The SMILES string of the molecule is COc1ccccc1-c1[nH]nc2ncc(-c3ccc(NC(=O)O)c(C(=O)N(C)C)c3)cc12. The molecule has 0 unspecified atom stereocenters. The highest BCUT2D eigenvalue weighted by molar-refractivity contribution is 6.03. The summed E-state index contributed by atoms with van der Waals surface area (Å²) in [6, 6.07) is 14.5. The molecule has 2 aromatic carbocycles. The molecule has 0 saturated heterocycles. The highest BCUT2D eigenvalue weighted by atomic mass is 16.5. The number of carboxylic acid groups (broad SMARTS) is 1. The Bertz CT molecular complexity index is 1330. The summed E-state index contributed by atoms with van der Waals surface area (Å²) in [4.78, 5) is 29.6. The largest absolute Gasteiger partial charge is 0.496 e. The van der Waals surface area contributed by atoms with Gasteiger partial charge in [0.25, 0.3) is 5.91 Å². The number of benzene rings is 2. The van der Waals surface area contributed by atoms with Crippen molar-refractivity contribution in [3.05, 3.63) is 60.3 Å². The molecular formula is C23H21N5O4. The Balaban J connectivity index is 1.84. The van der Waals surface area contributed by atoms with Crippen molar-refractivity contribution in [3.63, 3.8) is 0 Å². The van der Waals surface area contributed by atoms with Crippen LogP contribution in [0.3, 0.4) is 0 Å². The molecule has 0 bridgehead atoms. The van der Waals surface area contributed by atoms with Crippen LogP contribution in [0.1, 0.15) is 10.4 Å². The number of para-hydroxylation sites is 1. The van der Waals surface area contributed by atoms with Gasteiger partial charge >= 0.3 is 6.09 Å². The van der Waals surface area contributed by atoms with E-state index < -0.39 is 6.09 Å². The molecule has 0 radical (unpaired) electrons. The van der Waals surface area contributed by atoms with Crippen LogP contribution >= 0.6 is 0 Å². The van der Waals surface area contributed by atoms with E-state index in [1.807, 2.05) is 30.3 Å². The van der Waals surface area contributed by atoms with E-state index in [1.165, 1.54) is 4.90 Å². The summed E-state index contributed by atoms with van der Waals surface area (Å²) in [7, 11) is 4.83. The maximum absolute atomic E-state index is 12.7. The Labute approximate surface area is 183 Å². The Kier molecular flexibility index (Phi) is 5.46. The molecule has 2 amide bonds. The molecule has 32 heavy (non-hydrogen) atoms. The minimum Gasteiger partial charge on any atom is -0.496 e. The lowest BCUT2D eigenvalue weighted by molar-refractivity contribution is 0.0828. The average molecular weight is 431 g/mol. The molecule has 0 aliphatic carbocycles. The van der Waals surface area contributed by atoms with Gasteiger partial charge in [-0.2, -0.15) is 5.10 Å². The monoisotopic (exact) mass is 431 g/mol. The summed E-state index contributed by atoms with van der Waals surface area (Å²) in [5.74, 6) is 0.383. The van der Waals surface area contributed by atoms with Crippen LogP contribution in [0.5, 0.6) is 5.75 Å². The van der Waals surface area contributed by atoms with Crippen molar-refractivity contribution in [2.24, 2.45) is 0 Å². The number of aromatic amines is 1. The number of carbonyl (C=O) groups excluding carboxylic acids is 1. The smallest absolute Gasteiger partial charge is 0.409 e. The number of anilines is 1. The second-order valence-electron chi connectivity index (χ2n) is 7.28. The predicted molar refractivity (Wildman–Crippen MR) is 121 cm³/mol. The van der Waals surface area contributed by atoms with Crippen LogP contribution in [0.25, 0.3) is 33.4 Å². The number of pyridine rings is 1. The van der Waals surface area contributed by atoms with Gasteiger partial charge < -0.3 is 14.7 Å². The fourth-order valence-electron chi connectivity index (χ4n) is 3.48. The Morgan fingerprint density at radius 2 is 1.88 bits per heavy atom. The lowest BCUT2D eigenvalue weighted by atomic mass is 10.0. The lowest BCUT2D eigenvalue weighted by Gasteiger charge is -2.15. The number of carbonyl (C=O) groups is 2. The maximum Gasteiger partial charge on any atom is 0.409 e. The molecule has 0 fully saturated rings. The van der Waals surface area contributed by atoms with Crippen LogP contribution in [0.2, 0.25) is 0 Å². The fraction of sp³-hybridized carbons (Fsp3) is 0.130. The quantitative estimate of drug-likeness (QED) is 0.438. The second-order valence-corrected chi connectivity index (χ2v) is 7.28. The molecule has 9 heteroatoms. The first-order valence-corrected chi connectivity index (χ1v) is 9.72. The third-order valence-electron chi connectivity index (χ3n) is 5.02. The lowest BCUT2D eigenvalue weighted by Crippen LogP contribution is -2.23. The van der Waals surface area contributed by atoms with Crippen LogP contribution in [-0.4, -0.2) is 58.4 Å². The van der Waals surface area contributed by atoms with Gasteiger partial charge in [-0.1, -0.05) is 18.2 Å². The first kappa shape index (κ1) is 20.9. The van der Waals surface area contributed by atoms with Gasteiger partial charge in [0.15, 0.2) is 5.65 Å². The van der Waals surface area contributed by atoms with Crippen molar-refractivity contribution in [1.29, 1.82) is 0 Å². The van der Waals surface area contributed by atoms with E-state index in [1.54, 1.807) is 45.6 Å². The Morgan fingerprint density at radius 1 is 1.09 bits per heavy atom. The number of rotatable bonds is 5. The topological polar surface area (TPSA) is 120 Å². The first-order chi connectivity index (χ1) is 15.4. The number of methoxy groups -OCH3 is 1. The van der Waals surface area contributed by atoms with E-state index in [4.69, 9.17) is 9.84 Å². The predicted octanol–water partition coefficient (Wildman–Crippen LogP) is 4.09. The number of hydrogen-bond donors (Lipinski definition) is 3. The summed E-state index contributed by atoms with van der Waals surface area (Å²) >= 11 is 0. The highest BCUT2D eigenvalue weighted by Gasteiger charge is 2.18. The van der Waals surface area contributed by atoms with Crippen molar-refractivity contribution in [2.45, 2.75) is 0 Å². The van der Waals surface area contributed by atoms with Crippen LogP contribution in [0.15, 0.2) is 54.7 Å². The minimum atomic E-state index is -1.24. The summed E-state index contributed by atoms with van der Waals surface area (Å²) < 4.78 is 5.48. The molecule has 0 atom stereocenters. The van der Waals surface area contributed by atoms with Gasteiger partial charge in [-0.15, -0.1) is 0 Å². The van der Waals surface area contributed by atoms with Crippen LogP contribution < -0.4 is 10.1 Å². The number of hydrogen-bond acceptors (Lipinski definition) is 5. The Hall–Kier alpha value is -4.40. The summed E-state index contributed by atoms with van der Waals surface area (Å²) in [6.45, 7) is 0. The van der Waals surface area contributed by atoms with Gasteiger partial charge in [0.2, 0.25) is 0 Å². The van der Waals surface area contributed by atoms with Gasteiger partial charge in [0.05, 0.1) is 24.1 Å². The third-order valence-corrected chi connectivity index (χ3v) is 5.02. The molecule has 4 aromatic rings. The molecule has 2 aromatic heterocycles. The van der Waals surface area contributed by atoms with E-state index in [-0.39, 0.29) is 17.2 Å². The van der Waals surface area contributed by atoms with E-state index in [0.29, 0.717) is 17.0 Å². The van der Waals surface area contributed by atoms with Crippen molar-refractivity contribution in [1.82, 2.24) is 20.1 Å². The molecule has 4 rings (SSSR count). The first-order valence-electron chi connectivity index (χ1n) is 9.72. The van der Waals surface area contributed by atoms with E-state index in [0.717, 1.165) is 22.2 Å². The number of nitrogens with one attached hydrogen (secondary N) is 2. The summed E-state index contributed by atoms with van der Waals surface area (Å²) in [5.41, 5.74) is 4.08. The molecule has 0 saturated carbocycles. The van der Waals surface area contributed by atoms with Crippen LogP contribution in [0.4, 0.5) is 10.5 Å². The van der Waals surface area contributed by atoms with Crippen molar-refractivity contribution in [3.8, 4) is 28.1 Å². The zero-order valence-electron chi connectivity index (χ0n) is 17.7. The molecule has 2 heterocycles. The van der Waals surface area contributed by atoms with Gasteiger partial charge in [0.1, 0.15) is 5.75 Å². The van der Waals surface area contributed by atoms with Gasteiger partial charge in [-0.25, -0.2) is 9.78 Å².